The van der Waals surface area contributed by atoms with Gasteiger partial charge in [0.25, 0.3) is 0 Å². The van der Waals surface area contributed by atoms with Crippen LogP contribution in [0.2, 0.25) is 0 Å². The summed E-state index contributed by atoms with van der Waals surface area (Å²) in [6.45, 7) is 8.79. The average Bonchev–Trinajstić information content (AvgIpc) is 2.30. The van der Waals surface area contributed by atoms with Gasteiger partial charge in [0, 0.05) is 13.6 Å². The van der Waals surface area contributed by atoms with Crippen molar-refractivity contribution in [3.63, 3.8) is 0 Å². The molecular weight excluding hydrogens is 230 g/mol. The van der Waals surface area contributed by atoms with Crippen molar-refractivity contribution in [1.82, 2.24) is 9.96 Å². The zero-order valence-electron chi connectivity index (χ0n) is 11.6. The van der Waals surface area contributed by atoms with Crippen molar-refractivity contribution in [2.75, 3.05) is 27.2 Å². The summed E-state index contributed by atoms with van der Waals surface area (Å²) >= 11 is 0. The Balaban J connectivity index is 2.91. The number of nitrogens with two attached hydrogens (primary N) is 1. The highest BCUT2D eigenvalue weighted by Gasteiger charge is 2.34. The molecule has 0 bridgehead atoms. The van der Waals surface area contributed by atoms with Gasteiger partial charge in [-0.1, -0.05) is 11.6 Å². The molecule has 1 amide bonds. The van der Waals surface area contributed by atoms with Gasteiger partial charge in [0.2, 0.25) is 5.91 Å². The third-order valence-corrected chi connectivity index (χ3v) is 3.54. The van der Waals surface area contributed by atoms with Crippen molar-refractivity contribution in [1.29, 1.82) is 0 Å². The van der Waals surface area contributed by atoms with Crippen LogP contribution < -0.4 is 5.73 Å². The minimum atomic E-state index is -0.311. The first kappa shape index (κ1) is 14.9. The van der Waals surface area contributed by atoms with E-state index >= 15 is 0 Å². The molecule has 1 heterocycles. The lowest BCUT2D eigenvalue weighted by Gasteiger charge is -2.40. The summed E-state index contributed by atoms with van der Waals surface area (Å²) in [6.07, 6.45) is 1.71. The van der Waals surface area contributed by atoms with Crippen molar-refractivity contribution in [2.24, 2.45) is 5.73 Å². The van der Waals surface area contributed by atoms with E-state index < -0.39 is 0 Å². The molecule has 0 radical (unpaired) electrons. The van der Waals surface area contributed by atoms with Gasteiger partial charge in [0.05, 0.1) is 12.6 Å². The summed E-state index contributed by atoms with van der Waals surface area (Å²) in [5.74, 6) is -0.303. The zero-order valence-corrected chi connectivity index (χ0v) is 11.6. The van der Waals surface area contributed by atoms with Crippen molar-refractivity contribution in [3.05, 3.63) is 23.8 Å². The van der Waals surface area contributed by atoms with Crippen LogP contribution in [0.15, 0.2) is 23.8 Å². The molecule has 0 fully saturated rings. The van der Waals surface area contributed by atoms with Crippen molar-refractivity contribution < 1.29 is 9.63 Å². The molecule has 0 saturated heterocycles. The second-order valence-electron chi connectivity index (χ2n) is 4.76. The normalized spacial score (nSPS) is 25.6. The van der Waals surface area contributed by atoms with E-state index in [0.29, 0.717) is 13.2 Å². The largest absolute Gasteiger partial charge is 0.368 e. The van der Waals surface area contributed by atoms with Gasteiger partial charge in [-0.15, -0.1) is 6.58 Å². The maximum Gasteiger partial charge on any atom is 0.239 e. The lowest BCUT2D eigenvalue weighted by atomic mass is 9.91. The molecule has 18 heavy (non-hydrogen) atoms. The first-order valence-corrected chi connectivity index (χ1v) is 6.03. The fourth-order valence-corrected chi connectivity index (χ4v) is 2.40. The van der Waals surface area contributed by atoms with E-state index in [4.69, 9.17) is 10.6 Å². The van der Waals surface area contributed by atoms with E-state index in [1.54, 1.807) is 6.08 Å². The molecule has 0 aromatic carbocycles. The van der Waals surface area contributed by atoms with Gasteiger partial charge in [-0.05, 0) is 26.5 Å². The van der Waals surface area contributed by atoms with Crippen LogP contribution in [-0.2, 0) is 9.63 Å². The molecule has 0 spiro atoms. The van der Waals surface area contributed by atoms with Crippen LogP contribution >= 0.6 is 0 Å². The Hall–Kier alpha value is -1.17. The van der Waals surface area contributed by atoms with Gasteiger partial charge in [-0.3, -0.25) is 14.5 Å². The number of nitrogens with zero attached hydrogens (tertiary/aromatic N) is 2. The van der Waals surface area contributed by atoms with E-state index in [9.17, 15) is 4.79 Å². The Kier molecular flexibility index (Phi) is 5.07. The van der Waals surface area contributed by atoms with Gasteiger partial charge in [0.1, 0.15) is 6.04 Å². The van der Waals surface area contributed by atoms with Crippen molar-refractivity contribution >= 4 is 5.91 Å². The number of hydroxylamine groups is 2. The van der Waals surface area contributed by atoms with E-state index in [-0.39, 0.29) is 18.0 Å². The summed E-state index contributed by atoms with van der Waals surface area (Å²) in [5.41, 5.74) is 7.59. The van der Waals surface area contributed by atoms with Gasteiger partial charge in [-0.25, -0.2) is 0 Å². The maximum atomic E-state index is 11.5. The average molecular weight is 253 g/mol. The van der Waals surface area contributed by atoms with E-state index in [0.717, 1.165) is 11.1 Å². The molecule has 1 aliphatic rings. The summed E-state index contributed by atoms with van der Waals surface area (Å²) in [6, 6.07) is -0.181. The maximum absolute atomic E-state index is 11.5. The van der Waals surface area contributed by atoms with Crippen LogP contribution in [0, 0.1) is 0 Å². The molecule has 0 aromatic rings. The quantitative estimate of drug-likeness (QED) is 0.574. The first-order chi connectivity index (χ1) is 8.40. The molecule has 0 aromatic heterocycles. The number of carbonyl (C=O) groups is 1. The van der Waals surface area contributed by atoms with Gasteiger partial charge in [-0.2, -0.15) is 5.06 Å². The third kappa shape index (κ3) is 2.98. The minimum Gasteiger partial charge on any atom is -0.368 e. The number of rotatable bonds is 5. The van der Waals surface area contributed by atoms with Crippen LogP contribution in [-0.4, -0.2) is 55.2 Å². The Bertz CT molecular complexity index is 365. The number of amides is 1. The van der Waals surface area contributed by atoms with Crippen LogP contribution in [0.25, 0.3) is 0 Å². The van der Waals surface area contributed by atoms with Crippen LogP contribution in [0.5, 0.6) is 0 Å². The minimum absolute atomic E-state index is 0.130. The first-order valence-electron chi connectivity index (χ1n) is 6.03. The number of carbonyl (C=O) groups excluding carboxylic acids is 1. The topological polar surface area (TPSA) is 58.8 Å². The zero-order chi connectivity index (χ0) is 13.9. The number of hydrogen-bond acceptors (Lipinski definition) is 4. The fourth-order valence-electron chi connectivity index (χ4n) is 2.40. The highest BCUT2D eigenvalue weighted by Crippen LogP contribution is 2.25. The summed E-state index contributed by atoms with van der Waals surface area (Å²) in [4.78, 5) is 19.0. The standard InChI is InChI=1S/C13H23N3O2/c1-6-7-18-16(5)11-8-15(4)12(13(14)17)10(3)9(11)2/h6,11-12H,1,7-8H2,2-5H3,(H2,14,17)/t11-,12-/m0/s1. The molecule has 5 heteroatoms. The van der Waals surface area contributed by atoms with Gasteiger partial charge >= 0.3 is 0 Å². The molecule has 2 atom stereocenters. The van der Waals surface area contributed by atoms with Crippen molar-refractivity contribution in [3.8, 4) is 0 Å². The fraction of sp³-hybridized carbons (Fsp3) is 0.615. The SMILES string of the molecule is C=CCON(C)[C@H]1CN(C)[C@H](C(N)=O)C(C)=C1C. The molecule has 102 valence electrons. The van der Waals surface area contributed by atoms with Crippen LogP contribution in [0.3, 0.4) is 0 Å². The van der Waals surface area contributed by atoms with E-state index in [2.05, 4.69) is 6.58 Å². The monoisotopic (exact) mass is 253 g/mol. The lowest BCUT2D eigenvalue weighted by molar-refractivity contribution is -0.156. The summed E-state index contributed by atoms with van der Waals surface area (Å²) < 4.78 is 0. The number of likely N-dealkylation sites (N-methyl/N-ethyl adjacent to an activating group) is 2. The smallest absolute Gasteiger partial charge is 0.239 e. The Morgan fingerprint density at radius 2 is 2.22 bits per heavy atom. The molecule has 0 unspecified atom stereocenters. The highest BCUT2D eigenvalue weighted by molar-refractivity contribution is 5.83. The Morgan fingerprint density at radius 1 is 1.61 bits per heavy atom. The summed E-state index contributed by atoms with van der Waals surface area (Å²) in [7, 11) is 3.79. The van der Waals surface area contributed by atoms with E-state index in [1.807, 2.05) is 37.9 Å². The second-order valence-corrected chi connectivity index (χ2v) is 4.76. The van der Waals surface area contributed by atoms with Crippen LogP contribution in [0.1, 0.15) is 13.8 Å². The predicted octanol–water partition coefficient (Wildman–Crippen LogP) is 0.540. The second kappa shape index (κ2) is 6.13. The number of hydrogen-bond donors (Lipinski definition) is 1. The molecule has 5 nitrogen and oxygen atoms in total. The molecule has 0 aliphatic carbocycles. The molecule has 0 saturated carbocycles. The molecule has 1 aliphatic heterocycles. The third-order valence-electron chi connectivity index (χ3n) is 3.54. The highest BCUT2D eigenvalue weighted by atomic mass is 16.7. The lowest BCUT2D eigenvalue weighted by Crippen LogP contribution is -2.54. The van der Waals surface area contributed by atoms with Gasteiger partial charge in [0.15, 0.2) is 0 Å². The van der Waals surface area contributed by atoms with Crippen LogP contribution in [0.4, 0.5) is 0 Å². The molecule has 1 rings (SSSR count). The summed E-state index contributed by atoms with van der Waals surface area (Å²) in [5, 5.41) is 1.81. The van der Waals surface area contributed by atoms with Crippen molar-refractivity contribution in [2.45, 2.75) is 25.9 Å². The molecule has 2 N–H and O–H groups in total. The number of primary amides is 1. The van der Waals surface area contributed by atoms with Gasteiger partial charge < -0.3 is 5.73 Å². The Labute approximate surface area is 109 Å². The Morgan fingerprint density at radius 3 is 2.72 bits per heavy atom. The van der Waals surface area contributed by atoms with E-state index in [1.165, 1.54) is 0 Å². The molecular formula is C13H23N3O2. The predicted molar refractivity (Wildman–Crippen MR) is 71.7 cm³/mol.